The number of phenolic OH excluding ortho intramolecular Hbond substituents is 1. The van der Waals surface area contributed by atoms with Crippen molar-refractivity contribution in [3.8, 4) is 5.75 Å². The summed E-state index contributed by atoms with van der Waals surface area (Å²) < 4.78 is 13.7. The summed E-state index contributed by atoms with van der Waals surface area (Å²) in [6.45, 7) is 2.68. The van der Waals surface area contributed by atoms with Crippen molar-refractivity contribution in [3.63, 3.8) is 0 Å². The molecule has 1 aliphatic heterocycles. The molecule has 18 heavy (non-hydrogen) atoms. The van der Waals surface area contributed by atoms with Crippen molar-refractivity contribution in [1.29, 1.82) is 0 Å². The van der Waals surface area contributed by atoms with Crippen LogP contribution in [0.1, 0.15) is 43.0 Å². The Bertz CT molecular complexity index is 447. The van der Waals surface area contributed by atoms with Crippen LogP contribution in [0, 0.1) is 5.82 Å². The molecule has 98 valence electrons. The number of aromatic hydroxyl groups is 1. The van der Waals surface area contributed by atoms with Gasteiger partial charge in [-0.25, -0.2) is 4.39 Å². The molecule has 0 radical (unpaired) electrons. The van der Waals surface area contributed by atoms with Crippen LogP contribution < -0.4 is 0 Å². The van der Waals surface area contributed by atoms with E-state index in [4.69, 9.17) is 5.11 Å². The smallest absolute Gasteiger partial charge is 0.257 e. The first kappa shape index (κ1) is 12.9. The molecule has 0 aliphatic carbocycles. The fraction of sp³-hybridized carbons (Fsp3) is 0.500. The molecule has 1 aliphatic rings. The van der Waals surface area contributed by atoms with Crippen LogP contribution in [0.4, 0.5) is 4.39 Å². The Morgan fingerprint density at radius 1 is 1.39 bits per heavy atom. The average Bonchev–Trinajstić information content (AvgIpc) is 2.53. The zero-order chi connectivity index (χ0) is 13.1. The Hall–Kier alpha value is -1.58. The van der Waals surface area contributed by atoms with Gasteiger partial charge in [-0.3, -0.25) is 4.79 Å². The van der Waals surface area contributed by atoms with Crippen molar-refractivity contribution < 1.29 is 14.3 Å². The lowest BCUT2D eigenvalue weighted by Gasteiger charge is -2.27. The van der Waals surface area contributed by atoms with Crippen molar-refractivity contribution in [3.05, 3.63) is 29.6 Å². The number of amides is 1. The van der Waals surface area contributed by atoms with Gasteiger partial charge in [-0.15, -0.1) is 0 Å². The fourth-order valence-corrected chi connectivity index (χ4v) is 2.41. The van der Waals surface area contributed by atoms with E-state index in [-0.39, 0.29) is 23.3 Å². The summed E-state index contributed by atoms with van der Waals surface area (Å²) in [5, 5.41) is 9.16. The van der Waals surface area contributed by atoms with Crippen LogP contribution >= 0.6 is 0 Å². The van der Waals surface area contributed by atoms with Gasteiger partial charge < -0.3 is 10.0 Å². The molecule has 2 rings (SSSR count). The van der Waals surface area contributed by atoms with Crippen molar-refractivity contribution in [1.82, 2.24) is 4.90 Å². The van der Waals surface area contributed by atoms with Gasteiger partial charge in [0.05, 0.1) is 5.56 Å². The van der Waals surface area contributed by atoms with Gasteiger partial charge >= 0.3 is 0 Å². The second-order valence-corrected chi connectivity index (χ2v) is 4.86. The third kappa shape index (κ3) is 2.63. The van der Waals surface area contributed by atoms with Gasteiger partial charge in [0.15, 0.2) is 0 Å². The van der Waals surface area contributed by atoms with E-state index in [1.165, 1.54) is 12.1 Å². The van der Waals surface area contributed by atoms with Crippen molar-refractivity contribution in [2.45, 2.75) is 38.6 Å². The molecular formula is C14H18FNO2. The Labute approximate surface area is 106 Å². The molecule has 4 heteroatoms. The number of halogens is 1. The summed E-state index contributed by atoms with van der Waals surface area (Å²) in [6, 6.07) is 3.83. The summed E-state index contributed by atoms with van der Waals surface area (Å²) >= 11 is 0. The molecule has 1 amide bonds. The molecule has 0 bridgehead atoms. The third-order valence-corrected chi connectivity index (χ3v) is 3.50. The normalized spacial score (nSPS) is 20.6. The third-order valence-electron chi connectivity index (χ3n) is 3.50. The van der Waals surface area contributed by atoms with Crippen LogP contribution in [0.2, 0.25) is 0 Å². The quantitative estimate of drug-likeness (QED) is 0.833. The van der Waals surface area contributed by atoms with E-state index in [1.54, 1.807) is 4.90 Å². The standard InChI is InChI=1S/C14H18FNO2/c1-10-5-3-2-4-8-16(10)14(18)12-7-6-11(17)9-13(12)15/h6-7,9-10,17H,2-5,8H2,1H3. The highest BCUT2D eigenvalue weighted by molar-refractivity contribution is 5.94. The second kappa shape index (κ2) is 5.38. The maximum atomic E-state index is 13.7. The Kier molecular flexibility index (Phi) is 3.84. The van der Waals surface area contributed by atoms with Gasteiger partial charge in [-0.2, -0.15) is 0 Å². The Balaban J connectivity index is 2.23. The van der Waals surface area contributed by atoms with Crippen molar-refractivity contribution in [2.24, 2.45) is 0 Å². The van der Waals surface area contributed by atoms with Crippen molar-refractivity contribution in [2.75, 3.05) is 6.54 Å². The Morgan fingerprint density at radius 2 is 2.17 bits per heavy atom. The minimum Gasteiger partial charge on any atom is -0.508 e. The lowest BCUT2D eigenvalue weighted by molar-refractivity contribution is 0.0693. The molecule has 1 atom stereocenters. The monoisotopic (exact) mass is 251 g/mol. The number of rotatable bonds is 1. The van der Waals surface area contributed by atoms with Gasteiger partial charge in [-0.1, -0.05) is 12.8 Å². The number of nitrogens with zero attached hydrogens (tertiary/aromatic N) is 1. The second-order valence-electron chi connectivity index (χ2n) is 4.86. The Morgan fingerprint density at radius 3 is 2.89 bits per heavy atom. The first-order valence-corrected chi connectivity index (χ1v) is 6.39. The van der Waals surface area contributed by atoms with Crippen LogP contribution in [0.15, 0.2) is 18.2 Å². The predicted molar refractivity (Wildman–Crippen MR) is 67.0 cm³/mol. The maximum Gasteiger partial charge on any atom is 0.257 e. The number of likely N-dealkylation sites (tertiary alicyclic amines) is 1. The van der Waals surface area contributed by atoms with Gasteiger partial charge in [-0.05, 0) is 31.9 Å². The number of carbonyl (C=O) groups is 1. The van der Waals surface area contributed by atoms with Gasteiger partial charge in [0, 0.05) is 18.7 Å². The van der Waals surface area contributed by atoms with E-state index in [1.807, 2.05) is 6.92 Å². The van der Waals surface area contributed by atoms with E-state index >= 15 is 0 Å². The van der Waals surface area contributed by atoms with E-state index < -0.39 is 5.82 Å². The SMILES string of the molecule is CC1CCCCCN1C(=O)c1ccc(O)cc1F. The van der Waals surface area contributed by atoms with Crippen LogP contribution in [0.5, 0.6) is 5.75 Å². The highest BCUT2D eigenvalue weighted by Crippen LogP contribution is 2.22. The molecular weight excluding hydrogens is 233 g/mol. The maximum absolute atomic E-state index is 13.7. The largest absolute Gasteiger partial charge is 0.508 e. The van der Waals surface area contributed by atoms with E-state index in [9.17, 15) is 9.18 Å². The first-order chi connectivity index (χ1) is 8.59. The van der Waals surface area contributed by atoms with E-state index in [2.05, 4.69) is 0 Å². The van der Waals surface area contributed by atoms with E-state index in [0.29, 0.717) is 6.54 Å². The topological polar surface area (TPSA) is 40.5 Å². The molecule has 1 aromatic rings. The molecule has 1 unspecified atom stereocenters. The van der Waals surface area contributed by atoms with E-state index in [0.717, 1.165) is 31.7 Å². The zero-order valence-electron chi connectivity index (χ0n) is 10.5. The van der Waals surface area contributed by atoms with Crippen LogP contribution in [0.3, 0.4) is 0 Å². The average molecular weight is 251 g/mol. The fourth-order valence-electron chi connectivity index (χ4n) is 2.41. The van der Waals surface area contributed by atoms with Gasteiger partial charge in [0.1, 0.15) is 11.6 Å². The molecule has 3 nitrogen and oxygen atoms in total. The minimum absolute atomic E-state index is 0.0431. The summed E-state index contributed by atoms with van der Waals surface area (Å²) in [4.78, 5) is 14.0. The van der Waals surface area contributed by atoms with Crippen LogP contribution in [-0.4, -0.2) is 28.5 Å². The number of hydrogen-bond donors (Lipinski definition) is 1. The molecule has 1 aromatic carbocycles. The number of benzene rings is 1. The summed E-state index contributed by atoms with van der Waals surface area (Å²) in [5.74, 6) is -1.09. The minimum atomic E-state index is -0.656. The van der Waals surface area contributed by atoms with Gasteiger partial charge in [0.25, 0.3) is 5.91 Å². The van der Waals surface area contributed by atoms with Crippen molar-refractivity contribution >= 4 is 5.91 Å². The molecule has 0 aromatic heterocycles. The van der Waals surface area contributed by atoms with Crippen LogP contribution in [-0.2, 0) is 0 Å². The summed E-state index contributed by atoms with van der Waals surface area (Å²) in [6.07, 6.45) is 4.16. The summed E-state index contributed by atoms with van der Waals surface area (Å²) in [7, 11) is 0. The lowest BCUT2D eigenvalue weighted by atomic mass is 10.1. The predicted octanol–water partition coefficient (Wildman–Crippen LogP) is 2.94. The number of carbonyl (C=O) groups excluding carboxylic acids is 1. The molecule has 1 fully saturated rings. The van der Waals surface area contributed by atoms with Crippen LogP contribution in [0.25, 0.3) is 0 Å². The molecule has 1 saturated heterocycles. The lowest BCUT2D eigenvalue weighted by Crippen LogP contribution is -2.38. The molecule has 1 heterocycles. The number of hydrogen-bond acceptors (Lipinski definition) is 2. The summed E-state index contributed by atoms with van der Waals surface area (Å²) in [5.41, 5.74) is 0.0431. The number of phenols is 1. The molecule has 0 saturated carbocycles. The highest BCUT2D eigenvalue weighted by Gasteiger charge is 2.25. The highest BCUT2D eigenvalue weighted by atomic mass is 19.1. The first-order valence-electron chi connectivity index (χ1n) is 6.39. The molecule has 1 N–H and O–H groups in total. The zero-order valence-corrected chi connectivity index (χ0v) is 10.5. The van der Waals surface area contributed by atoms with Gasteiger partial charge in [0.2, 0.25) is 0 Å². The molecule has 0 spiro atoms.